The molecule has 0 aliphatic heterocycles. The van der Waals surface area contributed by atoms with Gasteiger partial charge in [-0.3, -0.25) is 10.1 Å². The molecule has 2 aromatic rings. The van der Waals surface area contributed by atoms with Gasteiger partial charge in [0.1, 0.15) is 5.15 Å². The number of aryl methyl sites for hydroxylation is 1. The quantitative estimate of drug-likeness (QED) is 0.527. The van der Waals surface area contributed by atoms with Crippen LogP contribution in [-0.4, -0.2) is 21.0 Å². The van der Waals surface area contributed by atoms with Crippen molar-refractivity contribution in [3.05, 3.63) is 56.7 Å². The number of nitro benzene ring substituents is 1. The summed E-state index contributed by atoms with van der Waals surface area (Å²) in [6.45, 7) is 1.74. The Bertz CT molecular complexity index is 732. The molecule has 2 rings (SSSR count). The van der Waals surface area contributed by atoms with E-state index in [1.165, 1.54) is 12.1 Å². The topological polar surface area (TPSA) is 103 Å². The maximum absolute atomic E-state index is 11.0. The number of hydrogen-bond acceptors (Lipinski definition) is 5. The van der Waals surface area contributed by atoms with Crippen molar-refractivity contribution in [3.8, 4) is 11.6 Å². The monoisotopic (exact) mass is 308 g/mol. The average Bonchev–Trinajstić information content (AvgIpc) is 2.37. The lowest BCUT2D eigenvalue weighted by molar-refractivity contribution is -0.385. The lowest BCUT2D eigenvalue weighted by Crippen LogP contribution is -2.00. The number of pyridine rings is 1. The number of carbonyl (C=O) groups is 1. The van der Waals surface area contributed by atoms with Crippen LogP contribution in [0.4, 0.5) is 5.69 Å². The third kappa shape index (κ3) is 3.46. The third-order valence-electron chi connectivity index (χ3n) is 2.54. The molecule has 0 radical (unpaired) electrons. The van der Waals surface area contributed by atoms with Crippen LogP contribution in [0.25, 0.3) is 0 Å². The van der Waals surface area contributed by atoms with Gasteiger partial charge in [-0.2, -0.15) is 0 Å². The smallest absolute Gasteiger partial charge is 0.335 e. The second kappa shape index (κ2) is 5.76. The van der Waals surface area contributed by atoms with Crippen LogP contribution in [0.3, 0.4) is 0 Å². The fourth-order valence-corrected chi connectivity index (χ4v) is 1.82. The molecule has 0 atom stereocenters. The molecule has 21 heavy (non-hydrogen) atoms. The van der Waals surface area contributed by atoms with E-state index in [4.69, 9.17) is 21.4 Å². The Morgan fingerprint density at radius 1 is 1.38 bits per heavy atom. The number of nitro groups is 1. The molecule has 1 heterocycles. The Hall–Kier alpha value is -2.67. The Balaban J connectivity index is 2.45. The van der Waals surface area contributed by atoms with Gasteiger partial charge in [0.25, 0.3) is 0 Å². The summed E-state index contributed by atoms with van der Waals surface area (Å²) in [5.41, 5.74) is 0.371. The molecule has 0 amide bonds. The lowest BCUT2D eigenvalue weighted by Gasteiger charge is -2.07. The second-order valence-electron chi connectivity index (χ2n) is 4.15. The maximum Gasteiger partial charge on any atom is 0.335 e. The largest absolute Gasteiger partial charge is 0.478 e. The summed E-state index contributed by atoms with van der Waals surface area (Å²) in [5.74, 6) is -1.37. The number of carboxylic acids is 1. The number of rotatable bonds is 4. The van der Waals surface area contributed by atoms with Crippen LogP contribution in [0.1, 0.15) is 15.9 Å². The number of benzene rings is 1. The molecule has 0 unspecified atom stereocenters. The second-order valence-corrected chi connectivity index (χ2v) is 4.54. The SMILES string of the molecule is Cc1ccc([N+](=O)[O-])c(Oc2cc(C(=O)O)cc(Cl)n2)c1. The summed E-state index contributed by atoms with van der Waals surface area (Å²) in [4.78, 5) is 25.1. The molecule has 108 valence electrons. The molecule has 0 bridgehead atoms. The molecular weight excluding hydrogens is 300 g/mol. The number of carboxylic acid groups (broad SMARTS) is 1. The van der Waals surface area contributed by atoms with Gasteiger partial charge in [0.15, 0.2) is 0 Å². The van der Waals surface area contributed by atoms with E-state index in [2.05, 4.69) is 4.98 Å². The standard InChI is InChI=1S/C13H9ClN2O5/c1-7-2-3-9(16(19)20)10(4-7)21-12-6-8(13(17)18)5-11(14)15-12/h2-6H,1H3,(H,17,18). The van der Waals surface area contributed by atoms with Crippen molar-refractivity contribution in [2.24, 2.45) is 0 Å². The highest BCUT2D eigenvalue weighted by Gasteiger charge is 2.17. The van der Waals surface area contributed by atoms with E-state index < -0.39 is 10.9 Å². The molecule has 0 aliphatic carbocycles. The maximum atomic E-state index is 11.0. The molecule has 1 aromatic carbocycles. The van der Waals surface area contributed by atoms with Crippen LogP contribution in [-0.2, 0) is 0 Å². The average molecular weight is 309 g/mol. The van der Waals surface area contributed by atoms with E-state index in [-0.39, 0.29) is 28.0 Å². The highest BCUT2D eigenvalue weighted by atomic mass is 35.5. The van der Waals surface area contributed by atoms with E-state index in [1.807, 2.05) is 0 Å². The highest BCUT2D eigenvalue weighted by Crippen LogP contribution is 2.32. The summed E-state index contributed by atoms with van der Waals surface area (Å²) in [6, 6.07) is 6.62. The van der Waals surface area contributed by atoms with Gasteiger partial charge in [-0.25, -0.2) is 9.78 Å². The minimum Gasteiger partial charge on any atom is -0.478 e. The van der Waals surface area contributed by atoms with Crippen molar-refractivity contribution in [2.45, 2.75) is 6.92 Å². The summed E-state index contributed by atoms with van der Waals surface area (Å²) < 4.78 is 5.32. The minimum atomic E-state index is -1.21. The normalized spacial score (nSPS) is 10.2. The van der Waals surface area contributed by atoms with E-state index in [9.17, 15) is 14.9 Å². The first-order chi connectivity index (χ1) is 9.86. The van der Waals surface area contributed by atoms with Crippen LogP contribution in [0.15, 0.2) is 30.3 Å². The molecule has 8 heteroatoms. The van der Waals surface area contributed by atoms with E-state index in [0.717, 1.165) is 17.7 Å². The molecule has 0 spiro atoms. The summed E-state index contributed by atoms with van der Waals surface area (Å²) in [7, 11) is 0. The van der Waals surface area contributed by atoms with Gasteiger partial charge < -0.3 is 9.84 Å². The Kier molecular flexibility index (Phi) is 4.04. The van der Waals surface area contributed by atoms with Gasteiger partial charge >= 0.3 is 11.7 Å². The molecule has 0 aliphatic rings. The summed E-state index contributed by atoms with van der Waals surface area (Å²) in [6.07, 6.45) is 0. The van der Waals surface area contributed by atoms with E-state index in [1.54, 1.807) is 13.0 Å². The van der Waals surface area contributed by atoms with E-state index >= 15 is 0 Å². The minimum absolute atomic E-state index is 0.0360. The number of halogens is 1. The number of hydrogen-bond donors (Lipinski definition) is 1. The number of ether oxygens (including phenoxy) is 1. The zero-order valence-electron chi connectivity index (χ0n) is 10.7. The third-order valence-corrected chi connectivity index (χ3v) is 2.74. The van der Waals surface area contributed by atoms with Crippen LogP contribution < -0.4 is 4.74 Å². The molecule has 1 N–H and O–H groups in total. The molecule has 0 fully saturated rings. The van der Waals surface area contributed by atoms with Gasteiger partial charge in [-0.05, 0) is 24.6 Å². The van der Waals surface area contributed by atoms with Gasteiger partial charge in [-0.1, -0.05) is 17.7 Å². The Morgan fingerprint density at radius 2 is 2.10 bits per heavy atom. The molecule has 0 saturated heterocycles. The molecular formula is C13H9ClN2O5. The van der Waals surface area contributed by atoms with Crippen LogP contribution in [0, 0.1) is 17.0 Å². The van der Waals surface area contributed by atoms with Crippen molar-refractivity contribution in [1.29, 1.82) is 0 Å². The zero-order valence-corrected chi connectivity index (χ0v) is 11.5. The van der Waals surface area contributed by atoms with E-state index in [0.29, 0.717) is 0 Å². The Labute approximate surface area is 123 Å². The van der Waals surface area contributed by atoms with Gasteiger partial charge in [0, 0.05) is 12.1 Å². The number of aromatic carboxylic acids is 1. The zero-order chi connectivity index (χ0) is 15.6. The number of aromatic nitrogens is 1. The first-order valence-corrected chi connectivity index (χ1v) is 6.08. The van der Waals surface area contributed by atoms with Crippen LogP contribution in [0.5, 0.6) is 11.6 Å². The van der Waals surface area contributed by atoms with Crippen molar-refractivity contribution < 1.29 is 19.6 Å². The van der Waals surface area contributed by atoms with Crippen molar-refractivity contribution in [3.63, 3.8) is 0 Å². The molecule has 7 nitrogen and oxygen atoms in total. The predicted molar refractivity (Wildman–Crippen MR) is 74.1 cm³/mol. The lowest BCUT2D eigenvalue weighted by atomic mass is 10.2. The van der Waals surface area contributed by atoms with Crippen molar-refractivity contribution >= 4 is 23.3 Å². The highest BCUT2D eigenvalue weighted by molar-refractivity contribution is 6.29. The molecule has 0 saturated carbocycles. The molecule has 1 aromatic heterocycles. The van der Waals surface area contributed by atoms with Crippen LogP contribution >= 0.6 is 11.6 Å². The van der Waals surface area contributed by atoms with Crippen molar-refractivity contribution in [2.75, 3.05) is 0 Å². The van der Waals surface area contributed by atoms with Gasteiger partial charge in [-0.15, -0.1) is 0 Å². The Morgan fingerprint density at radius 3 is 2.71 bits per heavy atom. The summed E-state index contributed by atoms with van der Waals surface area (Å²) in [5, 5.41) is 19.8. The summed E-state index contributed by atoms with van der Waals surface area (Å²) >= 11 is 5.71. The van der Waals surface area contributed by atoms with Gasteiger partial charge in [0.2, 0.25) is 11.6 Å². The predicted octanol–water partition coefficient (Wildman–Crippen LogP) is 3.44. The number of nitrogens with zero attached hydrogens (tertiary/aromatic N) is 2. The van der Waals surface area contributed by atoms with Crippen molar-refractivity contribution in [1.82, 2.24) is 4.98 Å². The fourth-order valence-electron chi connectivity index (χ4n) is 1.62. The first kappa shape index (κ1) is 14.7. The first-order valence-electron chi connectivity index (χ1n) is 5.70. The fraction of sp³-hybridized carbons (Fsp3) is 0.0769. The van der Waals surface area contributed by atoms with Crippen LogP contribution in [0.2, 0.25) is 5.15 Å². The van der Waals surface area contributed by atoms with Gasteiger partial charge in [0.05, 0.1) is 10.5 Å².